The van der Waals surface area contributed by atoms with Crippen LogP contribution in [0.5, 0.6) is 0 Å². The number of nitrogens with zero attached hydrogens (tertiary/aromatic N) is 1. The summed E-state index contributed by atoms with van der Waals surface area (Å²) >= 11 is 5.96. The molecule has 3 nitrogen and oxygen atoms in total. The predicted molar refractivity (Wildman–Crippen MR) is 61.5 cm³/mol. The number of benzene rings is 1. The van der Waals surface area contributed by atoms with Gasteiger partial charge in [0.05, 0.1) is 28.8 Å². The van der Waals surface area contributed by atoms with Crippen molar-refractivity contribution in [3.63, 3.8) is 0 Å². The van der Waals surface area contributed by atoms with Crippen molar-refractivity contribution in [1.29, 1.82) is 5.26 Å². The van der Waals surface area contributed by atoms with E-state index in [1.165, 1.54) is 0 Å². The van der Waals surface area contributed by atoms with Crippen molar-refractivity contribution in [2.75, 3.05) is 6.61 Å². The Morgan fingerprint density at radius 1 is 1.50 bits per heavy atom. The van der Waals surface area contributed by atoms with Crippen LogP contribution in [0.1, 0.15) is 35.3 Å². The molecule has 0 heterocycles. The van der Waals surface area contributed by atoms with Crippen LogP contribution < -0.4 is 0 Å². The van der Waals surface area contributed by atoms with E-state index in [2.05, 4.69) is 0 Å². The fourth-order valence-electron chi connectivity index (χ4n) is 1.52. The molecule has 0 atom stereocenters. The van der Waals surface area contributed by atoms with Gasteiger partial charge in [-0.25, -0.2) is 4.79 Å². The topological polar surface area (TPSA) is 50.1 Å². The molecule has 0 fully saturated rings. The van der Waals surface area contributed by atoms with Crippen molar-refractivity contribution in [2.24, 2.45) is 0 Å². The first-order valence-electron chi connectivity index (χ1n) is 5.04. The van der Waals surface area contributed by atoms with Crippen LogP contribution in [0.3, 0.4) is 0 Å². The summed E-state index contributed by atoms with van der Waals surface area (Å²) in [6.45, 7) is 3.88. The van der Waals surface area contributed by atoms with Crippen LogP contribution in [0.25, 0.3) is 0 Å². The van der Waals surface area contributed by atoms with Gasteiger partial charge in [-0.1, -0.05) is 18.5 Å². The van der Waals surface area contributed by atoms with E-state index < -0.39 is 5.97 Å². The zero-order chi connectivity index (χ0) is 12.1. The number of hydrogen-bond donors (Lipinski definition) is 0. The van der Waals surface area contributed by atoms with Gasteiger partial charge >= 0.3 is 5.97 Å². The summed E-state index contributed by atoms with van der Waals surface area (Å²) in [5, 5.41) is 9.26. The molecule has 0 spiro atoms. The molecule has 0 aliphatic rings. The summed E-state index contributed by atoms with van der Waals surface area (Å²) < 4.78 is 4.92. The van der Waals surface area contributed by atoms with Gasteiger partial charge in [0.15, 0.2) is 0 Å². The maximum Gasteiger partial charge on any atom is 0.339 e. The van der Waals surface area contributed by atoms with Crippen LogP contribution in [-0.4, -0.2) is 12.6 Å². The number of rotatable bonds is 3. The van der Waals surface area contributed by atoms with Gasteiger partial charge in [0, 0.05) is 0 Å². The molecule has 0 N–H and O–H groups in total. The highest BCUT2D eigenvalue weighted by Crippen LogP contribution is 2.24. The third-order valence-electron chi connectivity index (χ3n) is 2.22. The van der Waals surface area contributed by atoms with E-state index in [0.29, 0.717) is 28.1 Å². The van der Waals surface area contributed by atoms with Crippen LogP contribution >= 0.6 is 11.6 Å². The first-order valence-corrected chi connectivity index (χ1v) is 5.42. The molecule has 0 aromatic heterocycles. The number of nitriles is 1. The number of carbonyl (C=O) groups is 1. The summed E-state index contributed by atoms with van der Waals surface area (Å²) in [5.41, 5.74) is 1.42. The summed E-state index contributed by atoms with van der Waals surface area (Å²) in [4.78, 5) is 11.7. The predicted octanol–water partition coefficient (Wildman–Crippen LogP) is 2.95. The zero-order valence-electron chi connectivity index (χ0n) is 9.21. The lowest BCUT2D eigenvalue weighted by molar-refractivity contribution is 0.0525. The molecular weight excluding hydrogens is 226 g/mol. The maximum atomic E-state index is 11.7. The van der Waals surface area contributed by atoms with Gasteiger partial charge in [-0.05, 0) is 31.0 Å². The normalized spacial score (nSPS) is 9.62. The van der Waals surface area contributed by atoms with Crippen LogP contribution in [0.4, 0.5) is 0 Å². The van der Waals surface area contributed by atoms with Gasteiger partial charge in [-0.15, -0.1) is 0 Å². The molecule has 0 radical (unpaired) electrons. The second-order valence-electron chi connectivity index (χ2n) is 3.13. The van der Waals surface area contributed by atoms with E-state index in [0.717, 1.165) is 0 Å². The molecular formula is C12H12ClNO2. The Bertz CT molecular complexity index is 449. The minimum absolute atomic E-state index is 0.287. The van der Waals surface area contributed by atoms with E-state index in [-0.39, 0.29) is 6.61 Å². The molecule has 1 rings (SSSR count). The Morgan fingerprint density at radius 2 is 2.19 bits per heavy atom. The van der Waals surface area contributed by atoms with Crippen LogP contribution in [0.2, 0.25) is 5.02 Å². The Labute approximate surface area is 99.6 Å². The van der Waals surface area contributed by atoms with Crippen molar-refractivity contribution >= 4 is 17.6 Å². The van der Waals surface area contributed by atoms with Gasteiger partial charge in [-0.2, -0.15) is 5.26 Å². The smallest absolute Gasteiger partial charge is 0.339 e. The summed E-state index contributed by atoms with van der Waals surface area (Å²) in [5.74, 6) is -0.471. The second kappa shape index (κ2) is 5.53. The molecule has 84 valence electrons. The Kier molecular flexibility index (Phi) is 4.33. The molecule has 1 aromatic carbocycles. The maximum absolute atomic E-state index is 11.7. The average molecular weight is 238 g/mol. The molecule has 0 aliphatic carbocycles. The molecule has 0 saturated heterocycles. The minimum Gasteiger partial charge on any atom is -0.462 e. The van der Waals surface area contributed by atoms with E-state index in [1.807, 2.05) is 13.0 Å². The minimum atomic E-state index is -0.471. The zero-order valence-corrected chi connectivity index (χ0v) is 9.97. The van der Waals surface area contributed by atoms with Gasteiger partial charge in [-0.3, -0.25) is 0 Å². The molecule has 0 saturated carbocycles. The largest absolute Gasteiger partial charge is 0.462 e. The highest BCUT2D eigenvalue weighted by molar-refractivity contribution is 6.33. The molecule has 1 aromatic rings. The summed E-state index contributed by atoms with van der Waals surface area (Å²) in [6, 6.07) is 5.21. The van der Waals surface area contributed by atoms with E-state index in [1.54, 1.807) is 19.1 Å². The quantitative estimate of drug-likeness (QED) is 0.760. The molecule has 0 unspecified atom stereocenters. The van der Waals surface area contributed by atoms with Crippen LogP contribution in [0, 0.1) is 11.3 Å². The van der Waals surface area contributed by atoms with Gasteiger partial charge < -0.3 is 4.74 Å². The van der Waals surface area contributed by atoms with Gasteiger partial charge in [0.2, 0.25) is 0 Å². The monoisotopic (exact) mass is 237 g/mol. The van der Waals surface area contributed by atoms with Crippen molar-refractivity contribution in [3.8, 4) is 6.07 Å². The van der Waals surface area contributed by atoms with E-state index in [4.69, 9.17) is 21.6 Å². The lowest BCUT2D eigenvalue weighted by Gasteiger charge is -2.10. The molecule has 0 bridgehead atoms. The lowest BCUT2D eigenvalue weighted by Crippen LogP contribution is -2.10. The summed E-state index contributed by atoms with van der Waals surface area (Å²) in [7, 11) is 0. The lowest BCUT2D eigenvalue weighted by atomic mass is 9.99. The Balaban J connectivity index is 3.35. The molecule has 16 heavy (non-hydrogen) atoms. The van der Waals surface area contributed by atoms with Crippen molar-refractivity contribution in [2.45, 2.75) is 20.3 Å². The number of esters is 1. The first kappa shape index (κ1) is 12.5. The number of carbonyl (C=O) groups excluding carboxylic acids is 1. The fourth-order valence-corrected chi connectivity index (χ4v) is 1.77. The van der Waals surface area contributed by atoms with Crippen LogP contribution in [0.15, 0.2) is 12.1 Å². The third kappa shape index (κ3) is 2.34. The number of ether oxygens (including phenoxy) is 1. The number of hydrogen-bond acceptors (Lipinski definition) is 3. The SMILES string of the molecule is CCOC(=O)c1c(Cl)ccc(C#N)c1CC. The van der Waals surface area contributed by atoms with Gasteiger partial charge in [0.1, 0.15) is 0 Å². The molecule has 0 aliphatic heterocycles. The summed E-state index contributed by atoms with van der Waals surface area (Å²) in [6.07, 6.45) is 0.567. The van der Waals surface area contributed by atoms with E-state index in [9.17, 15) is 4.79 Å². The highest BCUT2D eigenvalue weighted by Gasteiger charge is 2.18. The molecule has 0 amide bonds. The van der Waals surface area contributed by atoms with Gasteiger partial charge in [0.25, 0.3) is 0 Å². The number of halogens is 1. The van der Waals surface area contributed by atoms with Crippen molar-refractivity contribution in [1.82, 2.24) is 0 Å². The molecule has 4 heteroatoms. The Hall–Kier alpha value is -1.53. The second-order valence-corrected chi connectivity index (χ2v) is 3.54. The highest BCUT2D eigenvalue weighted by atomic mass is 35.5. The van der Waals surface area contributed by atoms with Crippen LogP contribution in [-0.2, 0) is 11.2 Å². The standard InChI is InChI=1S/C12H12ClNO2/c1-3-9-8(7-14)5-6-10(13)11(9)12(15)16-4-2/h5-6H,3-4H2,1-2H3. The van der Waals surface area contributed by atoms with Crippen molar-refractivity contribution in [3.05, 3.63) is 33.8 Å². The Morgan fingerprint density at radius 3 is 2.69 bits per heavy atom. The van der Waals surface area contributed by atoms with E-state index >= 15 is 0 Å². The fraction of sp³-hybridized carbons (Fsp3) is 0.333. The van der Waals surface area contributed by atoms with Crippen molar-refractivity contribution < 1.29 is 9.53 Å². The average Bonchev–Trinajstić information content (AvgIpc) is 2.28. The first-order chi connectivity index (χ1) is 7.65. The third-order valence-corrected chi connectivity index (χ3v) is 2.53.